The maximum absolute atomic E-state index is 12.2. The van der Waals surface area contributed by atoms with E-state index >= 15 is 0 Å². The van der Waals surface area contributed by atoms with Crippen LogP contribution in [-0.4, -0.2) is 29.4 Å². The quantitative estimate of drug-likeness (QED) is 0.280. The number of hydrogen-bond donors (Lipinski definition) is 3. The van der Waals surface area contributed by atoms with E-state index in [-0.39, 0.29) is 16.9 Å². The minimum absolute atomic E-state index is 0.171. The summed E-state index contributed by atoms with van der Waals surface area (Å²) < 4.78 is 1.52. The Morgan fingerprint density at radius 2 is 1.25 bits per heavy atom. The number of nitrogens with zero attached hydrogens (tertiary/aromatic N) is 2. The van der Waals surface area contributed by atoms with E-state index in [1.807, 2.05) is 0 Å². The van der Waals surface area contributed by atoms with Crippen molar-refractivity contribution in [2.45, 2.75) is 0 Å². The predicted molar refractivity (Wildman–Crippen MR) is 132 cm³/mol. The van der Waals surface area contributed by atoms with Crippen molar-refractivity contribution in [2.24, 2.45) is 10.2 Å². The maximum atomic E-state index is 12.2. The van der Waals surface area contributed by atoms with Gasteiger partial charge in [0.05, 0.1) is 12.4 Å². The average molecular weight is 579 g/mol. The smallest absolute Gasteiger partial charge is 0.271 e. The molecule has 32 heavy (non-hydrogen) atoms. The average Bonchev–Trinajstić information content (AvgIpc) is 2.76. The number of carbonyl (C=O) groups excluding carboxylic acids is 2. The third-order valence-corrected chi connectivity index (χ3v) is 5.25. The standard InChI is InChI=1S/C22H15Br2ClN4O3/c23-17-5-1-3-13(7-17)21(31)28-26-11-15-9-19(25)10-16(20(15)30)12-27-29-22(32)14-4-2-6-18(24)8-14/h1-12,30H,(H,28,31)(H,29,32). The molecule has 0 aromatic heterocycles. The summed E-state index contributed by atoms with van der Waals surface area (Å²) in [7, 11) is 0. The zero-order chi connectivity index (χ0) is 23.1. The molecular weight excluding hydrogens is 564 g/mol. The second kappa shape index (κ2) is 11.0. The van der Waals surface area contributed by atoms with Gasteiger partial charge >= 0.3 is 0 Å². The number of carbonyl (C=O) groups is 2. The molecule has 10 heteroatoms. The van der Waals surface area contributed by atoms with E-state index in [1.54, 1.807) is 48.5 Å². The van der Waals surface area contributed by atoms with E-state index < -0.39 is 11.8 Å². The van der Waals surface area contributed by atoms with E-state index in [9.17, 15) is 14.7 Å². The van der Waals surface area contributed by atoms with Crippen molar-refractivity contribution in [3.63, 3.8) is 0 Å². The fourth-order valence-electron chi connectivity index (χ4n) is 2.55. The molecule has 0 fully saturated rings. The van der Waals surface area contributed by atoms with Crippen molar-refractivity contribution >= 4 is 67.7 Å². The van der Waals surface area contributed by atoms with Gasteiger partial charge in [0.2, 0.25) is 0 Å². The first kappa shape index (κ1) is 23.6. The highest BCUT2D eigenvalue weighted by Crippen LogP contribution is 2.24. The van der Waals surface area contributed by atoms with E-state index in [0.29, 0.717) is 16.1 Å². The lowest BCUT2D eigenvalue weighted by molar-refractivity contribution is 0.0947. The number of benzene rings is 3. The summed E-state index contributed by atoms with van der Waals surface area (Å²) in [5.74, 6) is -1.00. The molecule has 0 saturated heterocycles. The predicted octanol–water partition coefficient (Wildman–Crippen LogP) is 5.10. The van der Waals surface area contributed by atoms with Crippen molar-refractivity contribution < 1.29 is 14.7 Å². The first-order valence-electron chi connectivity index (χ1n) is 9.04. The molecule has 0 aliphatic heterocycles. The molecule has 0 bridgehead atoms. The third kappa shape index (κ3) is 6.49. The maximum Gasteiger partial charge on any atom is 0.271 e. The number of halogens is 3. The topological polar surface area (TPSA) is 103 Å². The minimum Gasteiger partial charge on any atom is -0.507 e. The van der Waals surface area contributed by atoms with Gasteiger partial charge in [-0.15, -0.1) is 0 Å². The lowest BCUT2D eigenvalue weighted by atomic mass is 10.1. The zero-order valence-corrected chi connectivity index (χ0v) is 20.1. The molecule has 3 aromatic carbocycles. The number of hydrogen-bond acceptors (Lipinski definition) is 5. The van der Waals surface area contributed by atoms with Crippen LogP contribution in [-0.2, 0) is 0 Å². The second-order valence-electron chi connectivity index (χ2n) is 6.35. The molecule has 0 saturated carbocycles. The fourth-order valence-corrected chi connectivity index (χ4v) is 3.58. The molecular formula is C22H15Br2ClN4O3. The SMILES string of the molecule is O=C(NN=Cc1cc(Cl)cc(C=NNC(=O)c2cccc(Br)c2)c1O)c1cccc(Br)c1. The van der Waals surface area contributed by atoms with Crippen LogP contribution in [0.1, 0.15) is 31.8 Å². The lowest BCUT2D eigenvalue weighted by Gasteiger charge is -2.05. The van der Waals surface area contributed by atoms with Crippen LogP contribution in [0, 0.1) is 0 Å². The van der Waals surface area contributed by atoms with E-state index in [1.165, 1.54) is 24.6 Å². The Balaban J connectivity index is 1.69. The van der Waals surface area contributed by atoms with Crippen molar-refractivity contribution in [3.05, 3.63) is 96.9 Å². The second-order valence-corrected chi connectivity index (χ2v) is 8.62. The highest BCUT2D eigenvalue weighted by Gasteiger charge is 2.09. The van der Waals surface area contributed by atoms with Gasteiger partial charge in [0.1, 0.15) is 5.75 Å². The van der Waals surface area contributed by atoms with Gasteiger partial charge in [0, 0.05) is 36.2 Å². The van der Waals surface area contributed by atoms with Crippen molar-refractivity contribution in [1.82, 2.24) is 10.9 Å². The van der Waals surface area contributed by atoms with Crippen LogP contribution in [0.5, 0.6) is 5.75 Å². The number of phenolic OH excluding ortho intramolecular Hbond substituents is 1. The molecule has 3 N–H and O–H groups in total. The van der Waals surface area contributed by atoms with Crippen LogP contribution in [0.4, 0.5) is 0 Å². The Labute approximate surface area is 205 Å². The molecule has 0 radical (unpaired) electrons. The molecule has 0 heterocycles. The van der Waals surface area contributed by atoms with Crippen LogP contribution in [0.2, 0.25) is 5.02 Å². The van der Waals surface area contributed by atoms with Gasteiger partial charge < -0.3 is 5.11 Å². The lowest BCUT2D eigenvalue weighted by Crippen LogP contribution is -2.17. The summed E-state index contributed by atoms with van der Waals surface area (Å²) in [6, 6.07) is 16.6. The number of phenols is 1. The number of hydrazone groups is 2. The molecule has 162 valence electrons. The van der Waals surface area contributed by atoms with Crippen LogP contribution >= 0.6 is 43.5 Å². The molecule has 7 nitrogen and oxygen atoms in total. The first-order chi connectivity index (χ1) is 15.3. The number of rotatable bonds is 6. The molecule has 0 unspecified atom stereocenters. The Morgan fingerprint density at radius 1 is 0.812 bits per heavy atom. The summed E-state index contributed by atoms with van der Waals surface area (Å²) in [5.41, 5.74) is 6.11. The summed E-state index contributed by atoms with van der Waals surface area (Å²) >= 11 is 12.7. The van der Waals surface area contributed by atoms with Gasteiger partial charge in [-0.25, -0.2) is 10.9 Å². The number of aromatic hydroxyl groups is 1. The Hall–Kier alpha value is -3.01. The van der Waals surface area contributed by atoms with Gasteiger partial charge in [-0.2, -0.15) is 10.2 Å². The highest BCUT2D eigenvalue weighted by molar-refractivity contribution is 9.10. The molecule has 0 aliphatic carbocycles. The molecule has 0 spiro atoms. The van der Waals surface area contributed by atoms with Gasteiger partial charge in [0.15, 0.2) is 0 Å². The van der Waals surface area contributed by atoms with E-state index in [0.717, 1.165) is 8.95 Å². The normalized spacial score (nSPS) is 11.1. The van der Waals surface area contributed by atoms with Crippen LogP contribution < -0.4 is 10.9 Å². The number of amides is 2. The molecule has 0 aliphatic rings. The van der Waals surface area contributed by atoms with Crippen LogP contribution in [0.3, 0.4) is 0 Å². The summed E-state index contributed by atoms with van der Waals surface area (Å²) in [4.78, 5) is 24.3. The highest BCUT2D eigenvalue weighted by atomic mass is 79.9. The Kier molecular flexibility index (Phi) is 8.15. The number of nitrogens with one attached hydrogen (secondary N) is 2. The van der Waals surface area contributed by atoms with Crippen molar-refractivity contribution in [2.75, 3.05) is 0 Å². The van der Waals surface area contributed by atoms with Gasteiger partial charge in [0.25, 0.3) is 11.8 Å². The zero-order valence-electron chi connectivity index (χ0n) is 16.2. The summed E-state index contributed by atoms with van der Waals surface area (Å²) in [6.45, 7) is 0. The summed E-state index contributed by atoms with van der Waals surface area (Å²) in [5, 5.41) is 18.5. The molecule has 3 aromatic rings. The fraction of sp³-hybridized carbons (Fsp3) is 0. The monoisotopic (exact) mass is 576 g/mol. The van der Waals surface area contributed by atoms with Crippen molar-refractivity contribution in [3.8, 4) is 5.75 Å². The van der Waals surface area contributed by atoms with Crippen LogP contribution in [0.25, 0.3) is 0 Å². The molecule has 2 amide bonds. The van der Waals surface area contributed by atoms with Gasteiger partial charge in [-0.1, -0.05) is 55.6 Å². The van der Waals surface area contributed by atoms with Gasteiger partial charge in [-0.3, -0.25) is 9.59 Å². The van der Waals surface area contributed by atoms with Crippen LogP contribution in [0.15, 0.2) is 79.8 Å². The van der Waals surface area contributed by atoms with Gasteiger partial charge in [-0.05, 0) is 48.5 Å². The van der Waals surface area contributed by atoms with E-state index in [4.69, 9.17) is 11.6 Å². The minimum atomic E-state index is -0.416. The first-order valence-corrected chi connectivity index (χ1v) is 11.0. The summed E-state index contributed by atoms with van der Waals surface area (Å²) in [6.07, 6.45) is 2.52. The third-order valence-electron chi connectivity index (χ3n) is 4.05. The Morgan fingerprint density at radius 3 is 1.66 bits per heavy atom. The van der Waals surface area contributed by atoms with E-state index in [2.05, 4.69) is 52.9 Å². The molecule has 0 atom stereocenters. The van der Waals surface area contributed by atoms with Crippen molar-refractivity contribution in [1.29, 1.82) is 0 Å². The Bertz CT molecular complexity index is 1140. The molecule has 3 rings (SSSR count). The largest absolute Gasteiger partial charge is 0.507 e.